The van der Waals surface area contributed by atoms with Gasteiger partial charge in [-0.1, -0.05) is 0 Å². The number of rotatable bonds is 4. The Kier molecular flexibility index (Phi) is 3.66. The number of aromatic nitrogens is 3. The number of nitrogens with zero attached hydrogens (tertiary/aromatic N) is 1. The second-order valence-corrected chi connectivity index (χ2v) is 5.63. The molecule has 0 spiro atoms. The summed E-state index contributed by atoms with van der Waals surface area (Å²) in [6.45, 7) is 0.974. The van der Waals surface area contributed by atoms with Crippen molar-refractivity contribution in [1.82, 2.24) is 20.5 Å². The van der Waals surface area contributed by atoms with Crippen LogP contribution in [-0.2, 0) is 11.3 Å². The maximum absolute atomic E-state index is 12.0. The van der Waals surface area contributed by atoms with Gasteiger partial charge in [0.2, 0.25) is 0 Å². The van der Waals surface area contributed by atoms with Gasteiger partial charge in [-0.25, -0.2) is 9.89 Å². The Labute approximate surface area is 118 Å². The van der Waals surface area contributed by atoms with Crippen LogP contribution in [0.4, 0.5) is 0 Å². The first-order chi connectivity index (χ1) is 9.72. The van der Waals surface area contributed by atoms with Crippen LogP contribution in [0.15, 0.2) is 16.9 Å². The number of amides is 1. The minimum Gasteiger partial charge on any atom is -0.373 e. The fourth-order valence-corrected chi connectivity index (χ4v) is 3.10. The van der Waals surface area contributed by atoms with E-state index in [1.165, 1.54) is 11.3 Å². The van der Waals surface area contributed by atoms with E-state index >= 15 is 0 Å². The first kappa shape index (κ1) is 13.1. The molecule has 8 heteroatoms. The molecule has 0 aliphatic carbocycles. The van der Waals surface area contributed by atoms with Crippen LogP contribution in [0.2, 0.25) is 0 Å². The Balaban J connectivity index is 1.60. The molecule has 2 aromatic heterocycles. The Bertz CT molecular complexity index is 653. The molecule has 1 atom stereocenters. The number of nitrogens with one attached hydrogen (secondary N) is 3. The SMILES string of the molecule is O=C(NCc1n[nH]c(=O)[nH]1)c1ccc(C2CCCO2)s1. The van der Waals surface area contributed by atoms with Crippen LogP contribution in [0.3, 0.4) is 0 Å². The van der Waals surface area contributed by atoms with Crippen molar-refractivity contribution in [2.24, 2.45) is 0 Å². The van der Waals surface area contributed by atoms with Crippen LogP contribution >= 0.6 is 11.3 Å². The first-order valence-electron chi connectivity index (χ1n) is 6.35. The van der Waals surface area contributed by atoms with Gasteiger partial charge < -0.3 is 10.1 Å². The Morgan fingerprint density at radius 2 is 2.45 bits per heavy atom. The van der Waals surface area contributed by atoms with Crippen LogP contribution in [0.1, 0.15) is 39.3 Å². The Hall–Kier alpha value is -1.93. The van der Waals surface area contributed by atoms with Crippen LogP contribution in [0.25, 0.3) is 0 Å². The average Bonchev–Trinajstić information content (AvgIpc) is 3.16. The maximum Gasteiger partial charge on any atom is 0.340 e. The van der Waals surface area contributed by atoms with Crippen molar-refractivity contribution in [2.45, 2.75) is 25.5 Å². The van der Waals surface area contributed by atoms with E-state index in [0.717, 1.165) is 24.3 Å². The van der Waals surface area contributed by atoms with E-state index in [-0.39, 0.29) is 24.2 Å². The van der Waals surface area contributed by atoms with Crippen molar-refractivity contribution in [3.63, 3.8) is 0 Å². The Morgan fingerprint density at radius 3 is 3.15 bits per heavy atom. The largest absolute Gasteiger partial charge is 0.373 e. The minimum atomic E-state index is -0.383. The van der Waals surface area contributed by atoms with Crippen molar-refractivity contribution in [2.75, 3.05) is 6.61 Å². The van der Waals surface area contributed by atoms with Gasteiger partial charge in [-0.15, -0.1) is 11.3 Å². The van der Waals surface area contributed by atoms with E-state index in [1.54, 1.807) is 6.07 Å². The molecule has 3 rings (SSSR count). The molecule has 106 valence electrons. The highest BCUT2D eigenvalue weighted by Crippen LogP contribution is 2.33. The first-order valence-corrected chi connectivity index (χ1v) is 7.17. The molecule has 1 saturated heterocycles. The third kappa shape index (κ3) is 2.81. The second kappa shape index (κ2) is 5.59. The summed E-state index contributed by atoms with van der Waals surface area (Å²) in [6.07, 6.45) is 2.21. The van der Waals surface area contributed by atoms with Gasteiger partial charge in [-0.05, 0) is 25.0 Å². The Morgan fingerprint density at radius 1 is 1.55 bits per heavy atom. The van der Waals surface area contributed by atoms with E-state index in [0.29, 0.717) is 10.7 Å². The second-order valence-electron chi connectivity index (χ2n) is 4.51. The zero-order valence-electron chi connectivity index (χ0n) is 10.6. The molecule has 20 heavy (non-hydrogen) atoms. The summed E-state index contributed by atoms with van der Waals surface area (Å²) >= 11 is 1.44. The highest BCUT2D eigenvalue weighted by atomic mass is 32.1. The zero-order valence-corrected chi connectivity index (χ0v) is 11.5. The van der Waals surface area contributed by atoms with Gasteiger partial charge in [0.25, 0.3) is 5.91 Å². The highest BCUT2D eigenvalue weighted by Gasteiger charge is 2.20. The van der Waals surface area contributed by atoms with Crippen molar-refractivity contribution in [1.29, 1.82) is 0 Å². The fourth-order valence-electron chi connectivity index (χ4n) is 2.09. The molecule has 1 fully saturated rings. The standard InChI is InChI=1S/C12H14N4O3S/c17-11(13-6-10-14-12(18)16-15-10)9-4-3-8(20-9)7-2-1-5-19-7/h3-4,7H,1-2,5-6H2,(H,13,17)(H2,14,15,16,18). The summed E-state index contributed by atoms with van der Waals surface area (Å²) in [7, 11) is 0. The van der Waals surface area contributed by atoms with Gasteiger partial charge in [0.1, 0.15) is 5.82 Å². The van der Waals surface area contributed by atoms with Crippen molar-refractivity contribution < 1.29 is 9.53 Å². The van der Waals surface area contributed by atoms with Crippen molar-refractivity contribution in [3.05, 3.63) is 38.2 Å². The van der Waals surface area contributed by atoms with Gasteiger partial charge in [0.15, 0.2) is 0 Å². The molecular weight excluding hydrogens is 280 g/mol. The predicted octanol–water partition coefficient (Wildman–Crippen LogP) is 0.941. The summed E-state index contributed by atoms with van der Waals surface area (Å²) in [6, 6.07) is 3.73. The molecule has 0 aromatic carbocycles. The lowest BCUT2D eigenvalue weighted by Crippen LogP contribution is -2.22. The van der Waals surface area contributed by atoms with Crippen LogP contribution in [-0.4, -0.2) is 27.7 Å². The summed E-state index contributed by atoms with van der Waals surface area (Å²) in [5.41, 5.74) is -0.383. The van der Waals surface area contributed by atoms with E-state index in [2.05, 4.69) is 20.5 Å². The lowest BCUT2D eigenvalue weighted by atomic mass is 10.2. The number of aromatic amines is 2. The third-order valence-corrected chi connectivity index (χ3v) is 4.24. The van der Waals surface area contributed by atoms with Gasteiger partial charge >= 0.3 is 5.69 Å². The van der Waals surface area contributed by atoms with Crippen LogP contribution in [0, 0.1) is 0 Å². The van der Waals surface area contributed by atoms with E-state index < -0.39 is 0 Å². The maximum atomic E-state index is 12.0. The molecule has 1 amide bonds. The number of hydrogen-bond acceptors (Lipinski definition) is 5. The molecule has 1 unspecified atom stereocenters. The van der Waals surface area contributed by atoms with Crippen molar-refractivity contribution >= 4 is 17.2 Å². The van der Waals surface area contributed by atoms with Gasteiger partial charge in [-0.3, -0.25) is 9.78 Å². The minimum absolute atomic E-state index is 0.129. The molecule has 2 aromatic rings. The topological polar surface area (TPSA) is 99.9 Å². The van der Waals surface area contributed by atoms with Crippen molar-refractivity contribution in [3.8, 4) is 0 Å². The third-order valence-electron chi connectivity index (χ3n) is 3.06. The summed E-state index contributed by atoms with van der Waals surface area (Å²) in [4.78, 5) is 27.0. The number of carbonyl (C=O) groups excluding carboxylic acids is 1. The number of thiophene rings is 1. The normalized spacial score (nSPS) is 18.3. The van der Waals surface area contributed by atoms with Crippen LogP contribution in [0.5, 0.6) is 0 Å². The number of H-pyrrole nitrogens is 2. The molecule has 3 heterocycles. The van der Waals surface area contributed by atoms with Gasteiger partial charge in [0, 0.05) is 11.5 Å². The zero-order chi connectivity index (χ0) is 13.9. The summed E-state index contributed by atoms with van der Waals surface area (Å²) < 4.78 is 5.59. The molecule has 7 nitrogen and oxygen atoms in total. The monoisotopic (exact) mass is 294 g/mol. The highest BCUT2D eigenvalue weighted by molar-refractivity contribution is 7.14. The molecule has 1 aliphatic heterocycles. The fraction of sp³-hybridized carbons (Fsp3) is 0.417. The van der Waals surface area contributed by atoms with Crippen LogP contribution < -0.4 is 11.0 Å². The lowest BCUT2D eigenvalue weighted by molar-refractivity contribution is 0.0954. The number of hydrogen-bond donors (Lipinski definition) is 3. The molecule has 0 bridgehead atoms. The summed E-state index contributed by atoms with van der Waals surface area (Å²) in [5, 5.41) is 8.68. The van der Waals surface area contributed by atoms with E-state index in [1.807, 2.05) is 6.07 Å². The predicted molar refractivity (Wildman–Crippen MR) is 72.6 cm³/mol. The van der Waals surface area contributed by atoms with Gasteiger partial charge in [-0.2, -0.15) is 5.10 Å². The van der Waals surface area contributed by atoms with E-state index in [4.69, 9.17) is 4.74 Å². The molecule has 0 radical (unpaired) electrons. The quantitative estimate of drug-likeness (QED) is 0.781. The molecule has 1 aliphatic rings. The molecule has 3 N–H and O–H groups in total. The number of carbonyl (C=O) groups is 1. The molecule has 0 saturated carbocycles. The average molecular weight is 294 g/mol. The lowest BCUT2D eigenvalue weighted by Gasteiger charge is -2.05. The summed E-state index contributed by atoms with van der Waals surface area (Å²) in [5.74, 6) is 0.224. The van der Waals surface area contributed by atoms with Gasteiger partial charge in [0.05, 0.1) is 17.5 Å². The number of ether oxygens (including phenoxy) is 1. The smallest absolute Gasteiger partial charge is 0.340 e. The van der Waals surface area contributed by atoms with E-state index in [9.17, 15) is 9.59 Å². The molecular formula is C12H14N4O3S.